The molecule has 0 amide bonds. The minimum absolute atomic E-state index is 0.0294. The molecule has 3 rings (SSSR count). The predicted molar refractivity (Wildman–Crippen MR) is 72.2 cm³/mol. The first-order valence-corrected chi connectivity index (χ1v) is 6.54. The number of hydrogen-bond acceptors (Lipinski definition) is 6. The highest BCUT2D eigenvalue weighted by atomic mass is 16.6. The number of anilines is 1. The Balaban J connectivity index is 2.01. The number of nitrogen functional groups attached to an aromatic ring is 1. The van der Waals surface area contributed by atoms with Crippen LogP contribution in [0.4, 0.5) is 5.95 Å². The molecule has 20 heavy (non-hydrogen) atoms. The topological polar surface area (TPSA) is 108 Å². The highest BCUT2D eigenvalue weighted by Gasteiger charge is 2.36. The molecule has 1 aliphatic heterocycles. The summed E-state index contributed by atoms with van der Waals surface area (Å²) in [6.45, 7) is 2.05. The van der Waals surface area contributed by atoms with E-state index in [4.69, 9.17) is 15.2 Å². The van der Waals surface area contributed by atoms with E-state index in [9.17, 15) is 4.79 Å². The van der Waals surface area contributed by atoms with E-state index >= 15 is 0 Å². The van der Waals surface area contributed by atoms with E-state index in [0.717, 1.165) is 6.42 Å². The second kappa shape index (κ2) is 4.88. The van der Waals surface area contributed by atoms with Gasteiger partial charge in [0.05, 0.1) is 18.5 Å². The van der Waals surface area contributed by atoms with Crippen molar-refractivity contribution in [1.82, 2.24) is 19.5 Å². The molecule has 3 heterocycles. The van der Waals surface area contributed by atoms with Crippen molar-refractivity contribution in [3.05, 3.63) is 16.7 Å². The lowest BCUT2D eigenvalue weighted by atomic mass is 10.1. The number of rotatable bonds is 3. The molecule has 0 spiro atoms. The van der Waals surface area contributed by atoms with E-state index < -0.39 is 0 Å². The van der Waals surface area contributed by atoms with Gasteiger partial charge in [-0.2, -0.15) is 4.98 Å². The molecule has 108 valence electrons. The average molecular weight is 279 g/mol. The van der Waals surface area contributed by atoms with Gasteiger partial charge in [0.15, 0.2) is 11.2 Å². The van der Waals surface area contributed by atoms with Crippen LogP contribution in [0.15, 0.2) is 11.1 Å². The zero-order valence-electron chi connectivity index (χ0n) is 11.4. The monoisotopic (exact) mass is 279 g/mol. The van der Waals surface area contributed by atoms with Gasteiger partial charge in [-0.1, -0.05) is 6.92 Å². The molecule has 0 radical (unpaired) electrons. The third kappa shape index (κ3) is 1.97. The van der Waals surface area contributed by atoms with E-state index in [1.807, 2.05) is 6.92 Å². The normalized spacial score (nSPS) is 26.4. The number of fused-ring (bicyclic) bond motifs is 1. The number of nitrogens with two attached hydrogens (primary N) is 1. The highest BCUT2D eigenvalue weighted by molar-refractivity contribution is 5.70. The van der Waals surface area contributed by atoms with E-state index in [0.29, 0.717) is 12.1 Å². The lowest BCUT2D eigenvalue weighted by Crippen LogP contribution is -2.21. The minimum atomic E-state index is -0.348. The van der Waals surface area contributed by atoms with Crippen molar-refractivity contribution in [2.45, 2.75) is 38.2 Å². The molecule has 1 fully saturated rings. The molecule has 0 unspecified atom stereocenters. The highest BCUT2D eigenvalue weighted by Crippen LogP contribution is 2.33. The number of ether oxygens (including phenoxy) is 2. The summed E-state index contributed by atoms with van der Waals surface area (Å²) in [5, 5.41) is 0. The largest absolute Gasteiger partial charge is 0.379 e. The lowest BCUT2D eigenvalue weighted by molar-refractivity contribution is -0.0273. The summed E-state index contributed by atoms with van der Waals surface area (Å²) in [6, 6.07) is 0. The SMILES string of the molecule is CC[C@H]1O[C@@H](n2cnc3c(=O)[nH]c(N)nc32)C[C@H]1OC. The summed E-state index contributed by atoms with van der Waals surface area (Å²) in [7, 11) is 1.67. The summed E-state index contributed by atoms with van der Waals surface area (Å²) < 4.78 is 13.1. The molecule has 0 saturated carbocycles. The zero-order chi connectivity index (χ0) is 14.3. The Morgan fingerprint density at radius 2 is 2.45 bits per heavy atom. The number of aromatic amines is 1. The van der Waals surface area contributed by atoms with E-state index in [-0.39, 0.29) is 35.5 Å². The number of aromatic nitrogens is 4. The number of methoxy groups -OCH3 is 1. The van der Waals surface area contributed by atoms with Crippen LogP contribution in [0.2, 0.25) is 0 Å². The van der Waals surface area contributed by atoms with Crippen molar-refractivity contribution >= 4 is 17.1 Å². The molecule has 8 nitrogen and oxygen atoms in total. The number of imidazole rings is 1. The van der Waals surface area contributed by atoms with Crippen LogP contribution >= 0.6 is 0 Å². The Morgan fingerprint density at radius 1 is 1.65 bits per heavy atom. The fourth-order valence-electron chi connectivity index (χ4n) is 2.64. The molecular formula is C12H17N5O3. The van der Waals surface area contributed by atoms with Gasteiger partial charge in [-0.05, 0) is 6.42 Å². The summed E-state index contributed by atoms with van der Waals surface area (Å²) in [5.74, 6) is 0.0672. The van der Waals surface area contributed by atoms with E-state index in [1.54, 1.807) is 18.0 Å². The molecule has 0 aliphatic carbocycles. The Morgan fingerprint density at radius 3 is 3.10 bits per heavy atom. The first kappa shape index (κ1) is 13.1. The van der Waals surface area contributed by atoms with Crippen LogP contribution < -0.4 is 11.3 Å². The predicted octanol–water partition coefficient (Wildman–Crippen LogP) is 0.414. The Kier molecular flexibility index (Phi) is 3.19. The Labute approximate surface area is 114 Å². The van der Waals surface area contributed by atoms with Crippen molar-refractivity contribution in [3.63, 3.8) is 0 Å². The Bertz CT molecular complexity index is 667. The van der Waals surface area contributed by atoms with Gasteiger partial charge in [-0.3, -0.25) is 14.3 Å². The van der Waals surface area contributed by atoms with Crippen molar-refractivity contribution in [2.75, 3.05) is 12.8 Å². The van der Waals surface area contributed by atoms with Crippen LogP contribution in [0.3, 0.4) is 0 Å². The summed E-state index contributed by atoms with van der Waals surface area (Å²) in [4.78, 5) is 22.4. The number of hydrogen-bond donors (Lipinski definition) is 2. The van der Waals surface area contributed by atoms with Crippen LogP contribution in [-0.2, 0) is 9.47 Å². The lowest BCUT2D eigenvalue weighted by Gasteiger charge is -2.14. The van der Waals surface area contributed by atoms with Gasteiger partial charge in [0, 0.05) is 13.5 Å². The molecule has 1 aliphatic rings. The summed E-state index contributed by atoms with van der Waals surface area (Å²) in [5.41, 5.74) is 5.93. The molecule has 1 saturated heterocycles. The molecular weight excluding hydrogens is 262 g/mol. The van der Waals surface area contributed by atoms with Gasteiger partial charge in [0.1, 0.15) is 6.23 Å². The summed E-state index contributed by atoms with van der Waals surface area (Å²) >= 11 is 0. The molecule has 3 N–H and O–H groups in total. The van der Waals surface area contributed by atoms with Crippen LogP contribution in [0.25, 0.3) is 11.2 Å². The maximum absolute atomic E-state index is 11.8. The average Bonchev–Trinajstić information content (AvgIpc) is 3.01. The van der Waals surface area contributed by atoms with E-state index in [1.165, 1.54) is 0 Å². The van der Waals surface area contributed by atoms with Crippen LogP contribution in [0.1, 0.15) is 26.0 Å². The first-order chi connectivity index (χ1) is 9.63. The number of nitrogens with zero attached hydrogens (tertiary/aromatic N) is 3. The standard InChI is InChI=1S/C12H17N5O3/c1-3-6-7(19-2)4-8(20-6)17-5-14-9-10(17)15-12(13)16-11(9)18/h5-8H,3-4H2,1-2H3,(H3,13,15,16,18)/t6-,7-,8-/m1/s1. The van der Waals surface area contributed by atoms with Crippen molar-refractivity contribution < 1.29 is 9.47 Å². The van der Waals surface area contributed by atoms with Gasteiger partial charge in [-0.15, -0.1) is 0 Å². The molecule has 0 bridgehead atoms. The zero-order valence-corrected chi connectivity index (χ0v) is 11.4. The molecule has 8 heteroatoms. The third-order valence-corrected chi connectivity index (χ3v) is 3.65. The Hall–Kier alpha value is -1.93. The van der Waals surface area contributed by atoms with Gasteiger partial charge in [0.2, 0.25) is 5.95 Å². The maximum Gasteiger partial charge on any atom is 0.280 e. The van der Waals surface area contributed by atoms with Crippen LogP contribution in [0.5, 0.6) is 0 Å². The number of H-pyrrole nitrogens is 1. The van der Waals surface area contributed by atoms with Crippen LogP contribution in [-0.4, -0.2) is 38.8 Å². The quantitative estimate of drug-likeness (QED) is 0.842. The van der Waals surface area contributed by atoms with Crippen molar-refractivity contribution in [1.29, 1.82) is 0 Å². The van der Waals surface area contributed by atoms with Crippen molar-refractivity contribution in [2.24, 2.45) is 0 Å². The van der Waals surface area contributed by atoms with Gasteiger partial charge in [-0.25, -0.2) is 4.98 Å². The maximum atomic E-state index is 11.8. The smallest absolute Gasteiger partial charge is 0.280 e. The second-order valence-corrected chi connectivity index (χ2v) is 4.82. The molecule has 2 aromatic rings. The molecule has 2 aromatic heterocycles. The third-order valence-electron chi connectivity index (χ3n) is 3.65. The first-order valence-electron chi connectivity index (χ1n) is 6.54. The van der Waals surface area contributed by atoms with Crippen LogP contribution in [0, 0.1) is 0 Å². The van der Waals surface area contributed by atoms with Gasteiger partial charge >= 0.3 is 0 Å². The second-order valence-electron chi connectivity index (χ2n) is 4.82. The minimum Gasteiger partial charge on any atom is -0.379 e. The summed E-state index contributed by atoms with van der Waals surface area (Å²) in [6.07, 6.45) is 2.92. The fraction of sp³-hybridized carbons (Fsp3) is 0.583. The number of nitrogens with one attached hydrogen (secondary N) is 1. The van der Waals surface area contributed by atoms with Gasteiger partial charge in [0.25, 0.3) is 5.56 Å². The van der Waals surface area contributed by atoms with Gasteiger partial charge < -0.3 is 15.2 Å². The molecule has 3 atom stereocenters. The molecule has 0 aromatic carbocycles. The fourth-order valence-corrected chi connectivity index (χ4v) is 2.64. The van der Waals surface area contributed by atoms with Crippen molar-refractivity contribution in [3.8, 4) is 0 Å². The van der Waals surface area contributed by atoms with E-state index in [2.05, 4.69) is 15.0 Å².